The molecule has 1 aliphatic rings. The molecule has 2 heterocycles. The number of methoxy groups -OCH3 is 1. The first-order chi connectivity index (χ1) is 11.7. The molecule has 24 heavy (non-hydrogen) atoms. The van der Waals surface area contributed by atoms with Gasteiger partial charge in [-0.2, -0.15) is 0 Å². The standard InChI is InChI=1S/C19H19N3O2/c1-20-13-8-6-12(7-9-13)14-10-11-22-18(14)21-17-15(19(22)23)4-3-5-16(17)24-2/h3-9,14,20H,10-11H2,1-2H3/t14-/m0/s1. The lowest BCUT2D eigenvalue weighted by Gasteiger charge is -2.13. The summed E-state index contributed by atoms with van der Waals surface area (Å²) in [4.78, 5) is 17.6. The SMILES string of the molecule is CNc1ccc([C@@H]2CCn3c2nc2c(OC)cccc2c3=O)cc1. The number of benzene rings is 2. The first kappa shape index (κ1) is 14.8. The van der Waals surface area contributed by atoms with Gasteiger partial charge in [0, 0.05) is 25.2 Å². The fraction of sp³-hybridized carbons (Fsp3) is 0.263. The molecule has 122 valence electrons. The van der Waals surface area contributed by atoms with E-state index in [0.29, 0.717) is 23.2 Å². The molecule has 5 heteroatoms. The third-order valence-electron chi connectivity index (χ3n) is 4.75. The van der Waals surface area contributed by atoms with E-state index in [9.17, 15) is 4.79 Å². The van der Waals surface area contributed by atoms with Crippen LogP contribution in [0.3, 0.4) is 0 Å². The predicted molar refractivity (Wildman–Crippen MR) is 95.0 cm³/mol. The number of ether oxygens (including phenoxy) is 1. The zero-order valence-electron chi connectivity index (χ0n) is 13.7. The number of hydrogen-bond acceptors (Lipinski definition) is 4. The number of nitrogens with zero attached hydrogens (tertiary/aromatic N) is 2. The van der Waals surface area contributed by atoms with Crippen molar-refractivity contribution in [2.45, 2.75) is 18.9 Å². The quantitative estimate of drug-likeness (QED) is 0.806. The lowest BCUT2D eigenvalue weighted by atomic mass is 9.97. The summed E-state index contributed by atoms with van der Waals surface area (Å²) >= 11 is 0. The molecule has 1 aliphatic heterocycles. The van der Waals surface area contributed by atoms with E-state index in [-0.39, 0.29) is 11.5 Å². The molecule has 0 amide bonds. The van der Waals surface area contributed by atoms with Gasteiger partial charge in [-0.25, -0.2) is 4.98 Å². The number of anilines is 1. The van der Waals surface area contributed by atoms with Crippen molar-refractivity contribution in [2.75, 3.05) is 19.5 Å². The molecule has 3 aromatic rings. The van der Waals surface area contributed by atoms with E-state index in [2.05, 4.69) is 29.6 Å². The molecule has 0 spiro atoms. The molecule has 1 atom stereocenters. The minimum absolute atomic E-state index is 0.0169. The Kier molecular flexibility index (Phi) is 3.49. The first-order valence-electron chi connectivity index (χ1n) is 8.08. The second-order valence-electron chi connectivity index (χ2n) is 6.00. The third kappa shape index (κ3) is 2.16. The van der Waals surface area contributed by atoms with Gasteiger partial charge in [0.15, 0.2) is 0 Å². The van der Waals surface area contributed by atoms with E-state index >= 15 is 0 Å². The molecule has 0 unspecified atom stereocenters. The fourth-order valence-electron chi connectivity index (χ4n) is 3.47. The van der Waals surface area contributed by atoms with Crippen LogP contribution in [0.2, 0.25) is 0 Å². The van der Waals surface area contributed by atoms with Crippen molar-refractivity contribution in [3.63, 3.8) is 0 Å². The summed E-state index contributed by atoms with van der Waals surface area (Å²) in [5, 5.41) is 3.74. The maximum Gasteiger partial charge on any atom is 0.261 e. The predicted octanol–water partition coefficient (Wildman–Crippen LogP) is 2.98. The van der Waals surface area contributed by atoms with Gasteiger partial charge in [-0.1, -0.05) is 18.2 Å². The lowest BCUT2D eigenvalue weighted by molar-refractivity contribution is 0.418. The van der Waals surface area contributed by atoms with Crippen molar-refractivity contribution in [3.8, 4) is 5.75 Å². The number of hydrogen-bond donors (Lipinski definition) is 1. The van der Waals surface area contributed by atoms with Gasteiger partial charge in [0.25, 0.3) is 5.56 Å². The maximum atomic E-state index is 12.8. The molecule has 1 N–H and O–H groups in total. The average molecular weight is 321 g/mol. The van der Waals surface area contributed by atoms with Gasteiger partial charge < -0.3 is 10.1 Å². The molecule has 0 aliphatic carbocycles. The summed E-state index contributed by atoms with van der Waals surface area (Å²) in [7, 11) is 3.51. The highest BCUT2D eigenvalue weighted by atomic mass is 16.5. The highest BCUT2D eigenvalue weighted by Gasteiger charge is 2.28. The van der Waals surface area contributed by atoms with Crippen molar-refractivity contribution < 1.29 is 4.74 Å². The first-order valence-corrected chi connectivity index (χ1v) is 8.08. The van der Waals surface area contributed by atoms with Gasteiger partial charge in [-0.3, -0.25) is 9.36 Å². The van der Waals surface area contributed by atoms with E-state index in [4.69, 9.17) is 9.72 Å². The molecule has 5 nitrogen and oxygen atoms in total. The van der Waals surface area contributed by atoms with Crippen LogP contribution in [0.15, 0.2) is 47.3 Å². The monoisotopic (exact) mass is 321 g/mol. The van der Waals surface area contributed by atoms with Crippen molar-refractivity contribution in [3.05, 3.63) is 64.2 Å². The molecule has 4 rings (SSSR count). The third-order valence-corrected chi connectivity index (χ3v) is 4.75. The Morgan fingerprint density at radius 3 is 2.71 bits per heavy atom. The molecule has 0 radical (unpaired) electrons. The highest BCUT2D eigenvalue weighted by Crippen LogP contribution is 2.34. The lowest BCUT2D eigenvalue weighted by Crippen LogP contribution is -2.21. The van der Waals surface area contributed by atoms with Gasteiger partial charge in [0.2, 0.25) is 0 Å². The van der Waals surface area contributed by atoms with Crippen LogP contribution >= 0.6 is 0 Å². The van der Waals surface area contributed by atoms with Crippen LogP contribution < -0.4 is 15.6 Å². The summed E-state index contributed by atoms with van der Waals surface area (Å²) in [6.07, 6.45) is 0.889. The second kappa shape index (κ2) is 5.67. The minimum atomic E-state index is 0.0169. The zero-order chi connectivity index (χ0) is 16.7. The average Bonchev–Trinajstić information content (AvgIpc) is 3.06. The molecule has 0 bridgehead atoms. The Morgan fingerprint density at radius 2 is 2.00 bits per heavy atom. The Labute approximate surface area is 139 Å². The van der Waals surface area contributed by atoms with Gasteiger partial charge in [-0.15, -0.1) is 0 Å². The molecular formula is C19H19N3O2. The van der Waals surface area contributed by atoms with Crippen LogP contribution in [0.4, 0.5) is 5.69 Å². The van der Waals surface area contributed by atoms with Gasteiger partial charge in [0.1, 0.15) is 17.1 Å². The fourth-order valence-corrected chi connectivity index (χ4v) is 3.47. The number of fused-ring (bicyclic) bond motifs is 2. The van der Waals surface area contributed by atoms with Crippen LogP contribution in [0.25, 0.3) is 10.9 Å². The molecule has 0 saturated heterocycles. The summed E-state index contributed by atoms with van der Waals surface area (Å²) in [5.41, 5.74) is 2.92. The molecule has 0 saturated carbocycles. The smallest absolute Gasteiger partial charge is 0.261 e. The topological polar surface area (TPSA) is 56.1 Å². The Balaban J connectivity index is 1.89. The van der Waals surface area contributed by atoms with Gasteiger partial charge in [0.05, 0.1) is 12.5 Å². The number of para-hydroxylation sites is 1. The zero-order valence-corrected chi connectivity index (χ0v) is 13.7. The van der Waals surface area contributed by atoms with E-state index in [1.807, 2.05) is 25.2 Å². The minimum Gasteiger partial charge on any atom is -0.494 e. The van der Waals surface area contributed by atoms with E-state index < -0.39 is 0 Å². The number of rotatable bonds is 3. The molecule has 2 aromatic carbocycles. The largest absolute Gasteiger partial charge is 0.494 e. The van der Waals surface area contributed by atoms with Crippen LogP contribution in [0.5, 0.6) is 5.75 Å². The van der Waals surface area contributed by atoms with Crippen LogP contribution in [-0.4, -0.2) is 23.7 Å². The maximum absolute atomic E-state index is 12.8. The summed E-state index contributed by atoms with van der Waals surface area (Å²) < 4.78 is 7.20. The second-order valence-corrected chi connectivity index (χ2v) is 6.00. The van der Waals surface area contributed by atoms with Crippen LogP contribution in [0, 0.1) is 0 Å². The summed E-state index contributed by atoms with van der Waals surface area (Å²) in [5.74, 6) is 1.61. The van der Waals surface area contributed by atoms with Crippen molar-refractivity contribution in [1.29, 1.82) is 0 Å². The van der Waals surface area contributed by atoms with E-state index in [1.165, 1.54) is 5.56 Å². The van der Waals surface area contributed by atoms with Crippen molar-refractivity contribution >= 4 is 16.6 Å². The van der Waals surface area contributed by atoms with E-state index in [0.717, 1.165) is 17.9 Å². The highest BCUT2D eigenvalue weighted by molar-refractivity contribution is 5.83. The van der Waals surface area contributed by atoms with Crippen LogP contribution in [0.1, 0.15) is 23.7 Å². The van der Waals surface area contributed by atoms with Gasteiger partial charge >= 0.3 is 0 Å². The van der Waals surface area contributed by atoms with Crippen molar-refractivity contribution in [2.24, 2.45) is 0 Å². The number of aromatic nitrogens is 2. The molecule has 1 aromatic heterocycles. The molecular weight excluding hydrogens is 302 g/mol. The van der Waals surface area contributed by atoms with E-state index in [1.54, 1.807) is 11.7 Å². The van der Waals surface area contributed by atoms with Crippen LogP contribution in [-0.2, 0) is 6.54 Å². The van der Waals surface area contributed by atoms with Crippen molar-refractivity contribution in [1.82, 2.24) is 9.55 Å². The summed E-state index contributed by atoms with van der Waals surface area (Å²) in [6, 6.07) is 13.8. The normalized spacial score (nSPS) is 16.2. The Bertz CT molecular complexity index is 961. The Hall–Kier alpha value is -2.82. The molecule has 0 fully saturated rings. The number of nitrogens with one attached hydrogen (secondary N) is 1. The van der Waals surface area contributed by atoms with Gasteiger partial charge in [-0.05, 0) is 36.2 Å². The summed E-state index contributed by atoms with van der Waals surface area (Å²) in [6.45, 7) is 0.701. The Morgan fingerprint density at radius 1 is 1.21 bits per heavy atom.